The van der Waals surface area contributed by atoms with E-state index in [2.05, 4.69) is 0 Å². The molecule has 6 heteroatoms. The number of hydrogen-bond donors (Lipinski definition) is 0. The second-order valence-corrected chi connectivity index (χ2v) is 6.18. The molecular weight excluding hydrogens is 230 g/mol. The van der Waals surface area contributed by atoms with Crippen LogP contribution in [-0.2, 0) is 9.84 Å². The number of carbonyl (C=O) groups excluding carboxylic acids is 1. The van der Waals surface area contributed by atoms with Crippen LogP contribution in [-0.4, -0.2) is 43.8 Å². The van der Waals surface area contributed by atoms with Gasteiger partial charge in [0.05, 0.1) is 17.8 Å². The Morgan fingerprint density at radius 3 is 2.81 bits per heavy atom. The molecule has 5 nitrogen and oxygen atoms in total. The highest BCUT2D eigenvalue weighted by Crippen LogP contribution is 2.18. The molecule has 1 aliphatic heterocycles. The number of furan rings is 1. The molecular formula is C10H13NO4S. The number of rotatable bonds is 2. The maximum absolute atomic E-state index is 11.8. The predicted molar refractivity (Wildman–Crippen MR) is 57.9 cm³/mol. The molecule has 2 rings (SSSR count). The summed E-state index contributed by atoms with van der Waals surface area (Å²) >= 11 is 0. The van der Waals surface area contributed by atoms with E-state index in [1.807, 2.05) is 0 Å². The van der Waals surface area contributed by atoms with Crippen molar-refractivity contribution in [2.24, 2.45) is 0 Å². The average Bonchev–Trinajstić information content (AvgIpc) is 2.84. The van der Waals surface area contributed by atoms with Gasteiger partial charge in [0.25, 0.3) is 5.91 Å². The number of sulfone groups is 1. The summed E-state index contributed by atoms with van der Waals surface area (Å²) in [6.07, 6.45) is 1.93. The first-order valence-electron chi connectivity index (χ1n) is 5.01. The second-order valence-electron chi connectivity index (χ2n) is 3.95. The van der Waals surface area contributed by atoms with Gasteiger partial charge in [0.2, 0.25) is 0 Å². The minimum absolute atomic E-state index is 0.0515. The van der Waals surface area contributed by atoms with Gasteiger partial charge in [0, 0.05) is 13.1 Å². The van der Waals surface area contributed by atoms with Crippen LogP contribution in [0.3, 0.4) is 0 Å². The Balaban J connectivity index is 2.09. The highest BCUT2D eigenvalue weighted by Gasteiger charge is 2.33. The lowest BCUT2D eigenvalue weighted by Crippen LogP contribution is -2.37. The molecule has 1 aliphatic rings. The van der Waals surface area contributed by atoms with E-state index in [-0.39, 0.29) is 29.2 Å². The van der Waals surface area contributed by atoms with Crippen LogP contribution < -0.4 is 0 Å². The molecule has 16 heavy (non-hydrogen) atoms. The topological polar surface area (TPSA) is 67.6 Å². The molecule has 1 aromatic rings. The van der Waals surface area contributed by atoms with Crippen molar-refractivity contribution in [2.75, 3.05) is 18.6 Å². The van der Waals surface area contributed by atoms with Gasteiger partial charge in [0.1, 0.15) is 0 Å². The molecule has 0 saturated carbocycles. The lowest BCUT2D eigenvalue weighted by atomic mass is 10.2. The summed E-state index contributed by atoms with van der Waals surface area (Å²) < 4.78 is 27.6. The van der Waals surface area contributed by atoms with Crippen molar-refractivity contribution in [3.05, 3.63) is 24.2 Å². The first-order valence-corrected chi connectivity index (χ1v) is 6.83. The van der Waals surface area contributed by atoms with E-state index >= 15 is 0 Å². The quantitative estimate of drug-likeness (QED) is 0.760. The molecule has 1 amide bonds. The zero-order valence-corrected chi connectivity index (χ0v) is 9.74. The first-order chi connectivity index (χ1) is 7.49. The van der Waals surface area contributed by atoms with Crippen LogP contribution in [0.5, 0.6) is 0 Å². The van der Waals surface area contributed by atoms with E-state index in [1.165, 1.54) is 11.2 Å². The van der Waals surface area contributed by atoms with E-state index in [0.29, 0.717) is 6.42 Å². The van der Waals surface area contributed by atoms with Crippen LogP contribution in [0.25, 0.3) is 0 Å². The van der Waals surface area contributed by atoms with Gasteiger partial charge in [-0.3, -0.25) is 4.79 Å². The number of carbonyl (C=O) groups is 1. The van der Waals surface area contributed by atoms with Crippen molar-refractivity contribution in [1.29, 1.82) is 0 Å². The average molecular weight is 243 g/mol. The van der Waals surface area contributed by atoms with Crippen molar-refractivity contribution in [2.45, 2.75) is 12.5 Å². The fourth-order valence-corrected chi connectivity index (χ4v) is 3.60. The fraction of sp³-hybridized carbons (Fsp3) is 0.500. The van der Waals surface area contributed by atoms with Crippen molar-refractivity contribution in [1.82, 2.24) is 4.90 Å². The normalized spacial score (nSPS) is 23.2. The Morgan fingerprint density at radius 1 is 1.56 bits per heavy atom. The molecule has 0 aliphatic carbocycles. The lowest BCUT2D eigenvalue weighted by molar-refractivity contribution is 0.0715. The monoisotopic (exact) mass is 243 g/mol. The summed E-state index contributed by atoms with van der Waals surface area (Å²) in [4.78, 5) is 13.3. The summed E-state index contributed by atoms with van der Waals surface area (Å²) in [5.41, 5.74) is 0. The molecule has 1 unspecified atom stereocenters. The lowest BCUT2D eigenvalue weighted by Gasteiger charge is -2.21. The van der Waals surface area contributed by atoms with Crippen molar-refractivity contribution < 1.29 is 17.6 Å². The van der Waals surface area contributed by atoms with Crippen molar-refractivity contribution in [3.8, 4) is 0 Å². The Kier molecular flexibility index (Phi) is 2.75. The summed E-state index contributed by atoms with van der Waals surface area (Å²) in [7, 11) is -1.36. The van der Waals surface area contributed by atoms with Crippen LogP contribution in [0.1, 0.15) is 17.0 Å². The third-order valence-electron chi connectivity index (χ3n) is 2.81. The molecule has 1 atom stereocenters. The van der Waals surface area contributed by atoms with Crippen molar-refractivity contribution in [3.63, 3.8) is 0 Å². The minimum atomic E-state index is -2.97. The molecule has 2 heterocycles. The maximum Gasteiger partial charge on any atom is 0.289 e. The summed E-state index contributed by atoms with van der Waals surface area (Å²) in [5, 5.41) is 0. The number of amides is 1. The molecule has 1 fully saturated rings. The van der Waals surface area contributed by atoms with Crippen molar-refractivity contribution >= 4 is 15.7 Å². The Bertz CT molecular complexity index is 477. The summed E-state index contributed by atoms with van der Waals surface area (Å²) in [5.74, 6) is 0.183. The Morgan fingerprint density at radius 2 is 2.31 bits per heavy atom. The Hall–Kier alpha value is -1.30. The minimum Gasteiger partial charge on any atom is -0.459 e. The van der Waals surface area contributed by atoms with E-state index < -0.39 is 9.84 Å². The first kappa shape index (κ1) is 11.2. The molecule has 1 saturated heterocycles. The molecule has 1 aromatic heterocycles. The van der Waals surface area contributed by atoms with E-state index in [1.54, 1.807) is 19.2 Å². The molecule has 0 aromatic carbocycles. The van der Waals surface area contributed by atoms with Gasteiger partial charge < -0.3 is 9.32 Å². The number of hydrogen-bond acceptors (Lipinski definition) is 4. The summed E-state index contributed by atoms with van der Waals surface area (Å²) in [6.45, 7) is 0. The highest BCUT2D eigenvalue weighted by molar-refractivity contribution is 7.91. The SMILES string of the molecule is CN(C(=O)c1ccco1)C1CCS(=O)(=O)C1. The van der Waals surface area contributed by atoms with Gasteiger partial charge in [-0.1, -0.05) is 0 Å². The van der Waals surface area contributed by atoms with Gasteiger partial charge in [-0.15, -0.1) is 0 Å². The van der Waals surface area contributed by atoms with Crippen LogP contribution in [0.15, 0.2) is 22.8 Å². The molecule has 0 N–H and O–H groups in total. The second kappa shape index (κ2) is 3.93. The van der Waals surface area contributed by atoms with E-state index in [4.69, 9.17) is 4.42 Å². The van der Waals surface area contributed by atoms with E-state index in [0.717, 1.165) is 0 Å². The summed E-state index contributed by atoms with van der Waals surface area (Å²) in [6, 6.07) is 2.97. The third kappa shape index (κ3) is 2.11. The fourth-order valence-electron chi connectivity index (χ4n) is 1.82. The van der Waals surface area contributed by atoms with Gasteiger partial charge in [-0.25, -0.2) is 8.42 Å². The van der Waals surface area contributed by atoms with Gasteiger partial charge >= 0.3 is 0 Å². The molecule has 88 valence electrons. The molecule has 0 bridgehead atoms. The Labute approximate surface area is 94.0 Å². The standard InChI is InChI=1S/C10H13NO4S/c1-11(8-4-6-16(13,14)7-8)10(12)9-3-2-5-15-9/h2-3,5,8H,4,6-7H2,1H3. The molecule has 0 radical (unpaired) electrons. The van der Waals surface area contributed by atoms with E-state index in [9.17, 15) is 13.2 Å². The van der Waals surface area contributed by atoms with Gasteiger partial charge in [0.15, 0.2) is 15.6 Å². The third-order valence-corrected chi connectivity index (χ3v) is 4.56. The zero-order valence-electron chi connectivity index (χ0n) is 8.92. The highest BCUT2D eigenvalue weighted by atomic mass is 32.2. The van der Waals surface area contributed by atoms with Gasteiger partial charge in [-0.05, 0) is 18.6 Å². The number of nitrogens with zero attached hydrogens (tertiary/aromatic N) is 1. The smallest absolute Gasteiger partial charge is 0.289 e. The predicted octanol–water partition coefficient (Wildman–Crippen LogP) is 0.539. The van der Waals surface area contributed by atoms with Gasteiger partial charge in [-0.2, -0.15) is 0 Å². The van der Waals surface area contributed by atoms with Crippen LogP contribution in [0, 0.1) is 0 Å². The molecule has 0 spiro atoms. The van der Waals surface area contributed by atoms with Crippen LogP contribution >= 0.6 is 0 Å². The zero-order chi connectivity index (χ0) is 11.8. The van der Waals surface area contributed by atoms with Crippen LogP contribution in [0.4, 0.5) is 0 Å². The van der Waals surface area contributed by atoms with Crippen LogP contribution in [0.2, 0.25) is 0 Å². The maximum atomic E-state index is 11.8. The largest absolute Gasteiger partial charge is 0.459 e.